The monoisotopic (exact) mass is 308 g/mol. The molecule has 1 aromatic rings. The minimum absolute atomic E-state index is 0.501. The molecule has 3 heteroatoms. The molecule has 0 aromatic carbocycles. The van der Waals surface area contributed by atoms with Crippen molar-refractivity contribution in [2.75, 3.05) is 6.54 Å². The lowest BCUT2D eigenvalue weighted by Gasteiger charge is -2.15. The molecular formula is C18H32N2S. The molecule has 1 unspecified atom stereocenters. The Kier molecular flexibility index (Phi) is 7.73. The van der Waals surface area contributed by atoms with E-state index < -0.39 is 0 Å². The molecule has 1 aliphatic carbocycles. The van der Waals surface area contributed by atoms with Gasteiger partial charge in [0.2, 0.25) is 0 Å². The summed E-state index contributed by atoms with van der Waals surface area (Å²) in [6.07, 6.45) is 14.8. The maximum atomic E-state index is 4.91. The van der Waals surface area contributed by atoms with E-state index in [4.69, 9.17) is 4.98 Å². The van der Waals surface area contributed by atoms with Gasteiger partial charge in [0.25, 0.3) is 0 Å². The Balaban J connectivity index is 1.71. The van der Waals surface area contributed by atoms with Crippen LogP contribution in [0.1, 0.15) is 93.3 Å². The fraction of sp³-hybridized carbons (Fsp3) is 0.833. The molecule has 1 aliphatic rings. The van der Waals surface area contributed by atoms with Crippen molar-refractivity contribution in [1.29, 1.82) is 0 Å². The lowest BCUT2D eigenvalue weighted by molar-refractivity contribution is 0.473. The van der Waals surface area contributed by atoms with E-state index in [1.165, 1.54) is 81.3 Å². The van der Waals surface area contributed by atoms with Crippen molar-refractivity contribution in [3.8, 4) is 0 Å². The van der Waals surface area contributed by atoms with Gasteiger partial charge in [0.15, 0.2) is 0 Å². The van der Waals surface area contributed by atoms with Gasteiger partial charge in [-0.15, -0.1) is 11.3 Å². The van der Waals surface area contributed by atoms with Gasteiger partial charge in [0.1, 0.15) is 5.01 Å². The van der Waals surface area contributed by atoms with E-state index in [1.54, 1.807) is 4.88 Å². The first-order chi connectivity index (χ1) is 10.3. The molecule has 1 atom stereocenters. The van der Waals surface area contributed by atoms with Gasteiger partial charge >= 0.3 is 0 Å². The van der Waals surface area contributed by atoms with Crippen molar-refractivity contribution in [1.82, 2.24) is 10.3 Å². The van der Waals surface area contributed by atoms with E-state index in [2.05, 4.69) is 19.2 Å². The molecule has 0 amide bonds. The van der Waals surface area contributed by atoms with Crippen LogP contribution in [0.3, 0.4) is 0 Å². The summed E-state index contributed by atoms with van der Waals surface area (Å²) in [5, 5.41) is 5.00. The second-order valence-electron chi connectivity index (χ2n) is 6.30. The third-order valence-corrected chi connectivity index (χ3v) is 5.73. The average Bonchev–Trinajstić information content (AvgIpc) is 3.06. The molecule has 0 fully saturated rings. The second-order valence-corrected chi connectivity index (χ2v) is 7.41. The fourth-order valence-electron chi connectivity index (χ4n) is 3.22. The van der Waals surface area contributed by atoms with Gasteiger partial charge in [0.05, 0.1) is 11.7 Å². The van der Waals surface area contributed by atoms with E-state index in [0.29, 0.717) is 6.04 Å². The van der Waals surface area contributed by atoms with Gasteiger partial charge in [-0.2, -0.15) is 0 Å². The number of nitrogens with one attached hydrogen (secondary N) is 1. The molecule has 0 bridgehead atoms. The zero-order chi connectivity index (χ0) is 14.9. The highest BCUT2D eigenvalue weighted by molar-refractivity contribution is 7.11. The molecule has 2 rings (SSSR count). The third-order valence-electron chi connectivity index (χ3n) is 4.46. The third kappa shape index (κ3) is 5.37. The minimum Gasteiger partial charge on any atom is -0.308 e. The summed E-state index contributed by atoms with van der Waals surface area (Å²) in [5.74, 6) is 0. The van der Waals surface area contributed by atoms with Crippen LogP contribution in [-0.2, 0) is 12.8 Å². The summed E-state index contributed by atoms with van der Waals surface area (Å²) < 4.78 is 0. The lowest BCUT2D eigenvalue weighted by Crippen LogP contribution is -2.20. The summed E-state index contributed by atoms with van der Waals surface area (Å²) in [5.41, 5.74) is 1.40. The standard InChI is InChI=1S/C18H32N2S/c1-3-5-6-7-8-9-10-12-16(19-4-2)18-20-15-13-11-14-17(15)21-18/h16,19H,3-14H2,1-2H3. The number of thiazole rings is 1. The van der Waals surface area contributed by atoms with Crippen molar-refractivity contribution >= 4 is 11.3 Å². The largest absolute Gasteiger partial charge is 0.308 e. The van der Waals surface area contributed by atoms with Crippen LogP contribution in [0.25, 0.3) is 0 Å². The molecule has 1 N–H and O–H groups in total. The molecule has 2 nitrogen and oxygen atoms in total. The molecule has 0 saturated heterocycles. The van der Waals surface area contributed by atoms with Crippen LogP contribution < -0.4 is 5.32 Å². The predicted octanol–water partition coefficient (Wildman–Crippen LogP) is 5.42. The summed E-state index contributed by atoms with van der Waals surface area (Å²) in [7, 11) is 0. The number of rotatable bonds is 11. The first-order valence-electron chi connectivity index (χ1n) is 9.07. The first-order valence-corrected chi connectivity index (χ1v) is 9.88. The number of hydrogen-bond donors (Lipinski definition) is 1. The SMILES string of the molecule is CCCCCCCCCC(NCC)c1nc2c(s1)CCC2. The molecule has 0 spiro atoms. The van der Waals surface area contributed by atoms with Crippen LogP contribution in [0, 0.1) is 0 Å². The number of nitrogens with zero attached hydrogens (tertiary/aromatic N) is 1. The zero-order valence-electron chi connectivity index (χ0n) is 13.9. The van der Waals surface area contributed by atoms with Crippen LogP contribution in [0.15, 0.2) is 0 Å². The fourth-order valence-corrected chi connectivity index (χ4v) is 4.49. The van der Waals surface area contributed by atoms with Gasteiger partial charge in [-0.05, 0) is 32.2 Å². The highest BCUT2D eigenvalue weighted by Gasteiger charge is 2.21. The number of aryl methyl sites for hydroxylation is 2. The summed E-state index contributed by atoms with van der Waals surface area (Å²) in [4.78, 5) is 6.47. The van der Waals surface area contributed by atoms with E-state index >= 15 is 0 Å². The van der Waals surface area contributed by atoms with Crippen LogP contribution in [-0.4, -0.2) is 11.5 Å². The van der Waals surface area contributed by atoms with Crippen molar-refractivity contribution in [3.05, 3.63) is 15.6 Å². The normalized spacial score (nSPS) is 15.3. The average molecular weight is 309 g/mol. The number of fused-ring (bicyclic) bond motifs is 1. The van der Waals surface area contributed by atoms with Crippen LogP contribution in [0.4, 0.5) is 0 Å². The Bertz CT molecular complexity index is 378. The van der Waals surface area contributed by atoms with Gasteiger partial charge in [-0.3, -0.25) is 0 Å². The Morgan fingerprint density at radius 2 is 1.81 bits per heavy atom. The Morgan fingerprint density at radius 1 is 1.05 bits per heavy atom. The molecule has 1 heterocycles. The topological polar surface area (TPSA) is 24.9 Å². The minimum atomic E-state index is 0.501. The lowest BCUT2D eigenvalue weighted by atomic mass is 10.1. The van der Waals surface area contributed by atoms with Crippen LogP contribution in [0.2, 0.25) is 0 Å². The summed E-state index contributed by atoms with van der Waals surface area (Å²) >= 11 is 1.97. The van der Waals surface area contributed by atoms with E-state index in [1.807, 2.05) is 11.3 Å². The van der Waals surface area contributed by atoms with Crippen molar-refractivity contribution in [2.24, 2.45) is 0 Å². The second kappa shape index (κ2) is 9.58. The van der Waals surface area contributed by atoms with E-state index in [-0.39, 0.29) is 0 Å². The first kappa shape index (κ1) is 17.0. The van der Waals surface area contributed by atoms with E-state index in [0.717, 1.165) is 6.54 Å². The Hall–Kier alpha value is -0.410. The highest BCUT2D eigenvalue weighted by atomic mass is 32.1. The Morgan fingerprint density at radius 3 is 2.52 bits per heavy atom. The molecule has 0 aliphatic heterocycles. The Labute approximate surface area is 134 Å². The van der Waals surface area contributed by atoms with Gasteiger partial charge in [0, 0.05) is 4.88 Å². The van der Waals surface area contributed by atoms with Crippen molar-refractivity contribution in [3.63, 3.8) is 0 Å². The molecule has 0 radical (unpaired) electrons. The highest BCUT2D eigenvalue weighted by Crippen LogP contribution is 2.32. The van der Waals surface area contributed by atoms with Gasteiger partial charge < -0.3 is 5.32 Å². The number of hydrogen-bond acceptors (Lipinski definition) is 3. The quantitative estimate of drug-likeness (QED) is 0.552. The zero-order valence-corrected chi connectivity index (χ0v) is 14.7. The molecule has 1 aromatic heterocycles. The number of aromatic nitrogens is 1. The smallest absolute Gasteiger partial charge is 0.110 e. The molecule has 21 heavy (non-hydrogen) atoms. The molecular weight excluding hydrogens is 276 g/mol. The van der Waals surface area contributed by atoms with Gasteiger partial charge in [-0.25, -0.2) is 4.98 Å². The van der Waals surface area contributed by atoms with Crippen molar-refractivity contribution < 1.29 is 0 Å². The predicted molar refractivity (Wildman–Crippen MR) is 93.2 cm³/mol. The maximum absolute atomic E-state index is 4.91. The number of unbranched alkanes of at least 4 members (excludes halogenated alkanes) is 6. The maximum Gasteiger partial charge on any atom is 0.110 e. The van der Waals surface area contributed by atoms with Crippen LogP contribution in [0.5, 0.6) is 0 Å². The van der Waals surface area contributed by atoms with Gasteiger partial charge in [-0.1, -0.05) is 58.8 Å². The van der Waals surface area contributed by atoms with Crippen LogP contribution >= 0.6 is 11.3 Å². The van der Waals surface area contributed by atoms with E-state index in [9.17, 15) is 0 Å². The summed E-state index contributed by atoms with van der Waals surface area (Å²) in [6, 6.07) is 0.501. The summed E-state index contributed by atoms with van der Waals surface area (Å²) in [6.45, 7) is 5.54. The molecule has 120 valence electrons. The molecule has 0 saturated carbocycles. The van der Waals surface area contributed by atoms with Crippen molar-refractivity contribution in [2.45, 2.75) is 90.5 Å².